The number of hydrogen-bond donors (Lipinski definition) is 1. The summed E-state index contributed by atoms with van der Waals surface area (Å²) in [6.07, 6.45) is 1.08. The van der Waals surface area contributed by atoms with Crippen molar-refractivity contribution in [1.82, 2.24) is 15.1 Å². The van der Waals surface area contributed by atoms with Crippen molar-refractivity contribution in [3.63, 3.8) is 0 Å². The fourth-order valence-corrected chi connectivity index (χ4v) is 2.33. The van der Waals surface area contributed by atoms with Crippen molar-refractivity contribution >= 4 is 0 Å². The molecule has 0 radical (unpaired) electrons. The van der Waals surface area contributed by atoms with Gasteiger partial charge in [-0.15, -0.1) is 0 Å². The first-order valence-electron chi connectivity index (χ1n) is 6.45. The number of nitrogens with one attached hydrogen (secondary N) is 1. The minimum absolute atomic E-state index is 0.432. The zero-order chi connectivity index (χ0) is 12.4. The molecule has 1 aliphatic rings. The van der Waals surface area contributed by atoms with Crippen LogP contribution in [0.1, 0.15) is 43.3 Å². The molecular weight excluding hydrogens is 214 g/mol. The van der Waals surface area contributed by atoms with E-state index in [4.69, 9.17) is 4.74 Å². The minimum Gasteiger partial charge on any atom is -0.379 e. The predicted octanol–water partition coefficient (Wildman–Crippen LogP) is 1.96. The summed E-state index contributed by atoms with van der Waals surface area (Å²) in [6.45, 7) is 11.2. The molecule has 0 aromatic carbocycles. The molecule has 0 amide bonds. The number of nitrogens with zero attached hydrogens (tertiary/aromatic N) is 2. The van der Waals surface area contributed by atoms with E-state index in [2.05, 4.69) is 42.8 Å². The van der Waals surface area contributed by atoms with Gasteiger partial charge in [-0.1, -0.05) is 13.8 Å². The Morgan fingerprint density at radius 2 is 2.24 bits per heavy atom. The lowest BCUT2D eigenvalue weighted by molar-refractivity contribution is 0.184. The van der Waals surface area contributed by atoms with Crippen LogP contribution in [0.15, 0.2) is 0 Å². The van der Waals surface area contributed by atoms with Crippen LogP contribution in [0.3, 0.4) is 0 Å². The molecule has 1 aromatic rings. The average molecular weight is 237 g/mol. The molecule has 1 fully saturated rings. The molecule has 2 heterocycles. The van der Waals surface area contributed by atoms with Gasteiger partial charge in [0.05, 0.1) is 18.3 Å². The SMILES string of the molecule is Cc1nn(C2CCOC2)c(C)c1CNC(C)C. The van der Waals surface area contributed by atoms with E-state index in [1.807, 2.05) is 0 Å². The van der Waals surface area contributed by atoms with Crippen molar-refractivity contribution in [3.8, 4) is 0 Å². The van der Waals surface area contributed by atoms with Gasteiger partial charge in [-0.2, -0.15) is 5.10 Å². The normalized spacial score (nSPS) is 20.4. The zero-order valence-corrected chi connectivity index (χ0v) is 11.3. The average Bonchev–Trinajstić information content (AvgIpc) is 2.85. The first-order chi connectivity index (χ1) is 8.09. The first-order valence-corrected chi connectivity index (χ1v) is 6.45. The summed E-state index contributed by atoms with van der Waals surface area (Å²) in [5, 5.41) is 8.13. The van der Waals surface area contributed by atoms with Crippen LogP contribution in [0, 0.1) is 13.8 Å². The smallest absolute Gasteiger partial charge is 0.0777 e. The predicted molar refractivity (Wildman–Crippen MR) is 68.1 cm³/mol. The van der Waals surface area contributed by atoms with Gasteiger partial charge in [0.1, 0.15) is 0 Å². The molecular formula is C13H23N3O. The Morgan fingerprint density at radius 1 is 1.47 bits per heavy atom. The van der Waals surface area contributed by atoms with Crippen LogP contribution in [0.5, 0.6) is 0 Å². The van der Waals surface area contributed by atoms with Crippen LogP contribution in [0.2, 0.25) is 0 Å². The summed E-state index contributed by atoms with van der Waals surface area (Å²) in [5.74, 6) is 0. The maximum atomic E-state index is 5.44. The lowest BCUT2D eigenvalue weighted by Crippen LogP contribution is -2.22. The molecule has 1 unspecified atom stereocenters. The minimum atomic E-state index is 0.432. The standard InChI is InChI=1S/C13H23N3O/c1-9(2)14-7-13-10(3)15-16(11(13)4)12-5-6-17-8-12/h9,12,14H,5-8H2,1-4H3. The highest BCUT2D eigenvalue weighted by Gasteiger charge is 2.22. The highest BCUT2D eigenvalue weighted by molar-refractivity contribution is 5.25. The van der Waals surface area contributed by atoms with E-state index in [9.17, 15) is 0 Å². The number of ether oxygens (including phenoxy) is 1. The van der Waals surface area contributed by atoms with Gasteiger partial charge in [-0.25, -0.2) is 0 Å². The third-order valence-corrected chi connectivity index (χ3v) is 3.41. The van der Waals surface area contributed by atoms with Crippen molar-refractivity contribution in [2.24, 2.45) is 0 Å². The quantitative estimate of drug-likeness (QED) is 0.870. The van der Waals surface area contributed by atoms with Crippen LogP contribution >= 0.6 is 0 Å². The van der Waals surface area contributed by atoms with E-state index >= 15 is 0 Å². The van der Waals surface area contributed by atoms with Crippen LogP contribution in [0.4, 0.5) is 0 Å². The van der Waals surface area contributed by atoms with Crippen molar-refractivity contribution < 1.29 is 4.74 Å². The Kier molecular flexibility index (Phi) is 3.84. The molecule has 0 spiro atoms. The fraction of sp³-hybridized carbons (Fsp3) is 0.769. The number of aromatic nitrogens is 2. The second kappa shape index (κ2) is 5.19. The van der Waals surface area contributed by atoms with Crippen molar-refractivity contribution in [2.75, 3.05) is 13.2 Å². The molecule has 0 bridgehead atoms. The fourth-order valence-electron chi connectivity index (χ4n) is 2.33. The number of hydrogen-bond acceptors (Lipinski definition) is 3. The topological polar surface area (TPSA) is 39.1 Å². The zero-order valence-electron chi connectivity index (χ0n) is 11.3. The molecule has 2 rings (SSSR count). The van der Waals surface area contributed by atoms with E-state index in [-0.39, 0.29) is 0 Å². The lowest BCUT2D eigenvalue weighted by Gasteiger charge is -2.12. The van der Waals surface area contributed by atoms with E-state index in [1.54, 1.807) is 0 Å². The highest BCUT2D eigenvalue weighted by atomic mass is 16.5. The van der Waals surface area contributed by atoms with E-state index < -0.39 is 0 Å². The van der Waals surface area contributed by atoms with Gasteiger partial charge in [0.25, 0.3) is 0 Å². The van der Waals surface area contributed by atoms with Gasteiger partial charge in [-0.05, 0) is 20.3 Å². The number of aryl methyl sites for hydroxylation is 1. The molecule has 1 aliphatic heterocycles. The maximum Gasteiger partial charge on any atom is 0.0777 e. The first kappa shape index (κ1) is 12.6. The molecule has 4 heteroatoms. The molecule has 1 N–H and O–H groups in total. The molecule has 4 nitrogen and oxygen atoms in total. The molecule has 1 atom stereocenters. The molecule has 17 heavy (non-hydrogen) atoms. The lowest BCUT2D eigenvalue weighted by atomic mass is 10.1. The largest absolute Gasteiger partial charge is 0.379 e. The Bertz CT molecular complexity index is 378. The molecule has 1 aromatic heterocycles. The monoisotopic (exact) mass is 237 g/mol. The molecule has 0 saturated carbocycles. The van der Waals surface area contributed by atoms with Gasteiger partial charge in [-0.3, -0.25) is 4.68 Å². The molecule has 1 saturated heterocycles. The van der Waals surface area contributed by atoms with Crippen molar-refractivity contribution in [2.45, 2.75) is 52.7 Å². The third kappa shape index (κ3) is 2.69. The second-order valence-electron chi connectivity index (χ2n) is 5.15. The summed E-state index contributed by atoms with van der Waals surface area (Å²) in [5.41, 5.74) is 3.76. The highest BCUT2D eigenvalue weighted by Crippen LogP contribution is 2.23. The summed E-state index contributed by atoms with van der Waals surface area (Å²) >= 11 is 0. The molecule has 0 aliphatic carbocycles. The summed E-state index contributed by atoms with van der Waals surface area (Å²) in [4.78, 5) is 0. The summed E-state index contributed by atoms with van der Waals surface area (Å²) in [7, 11) is 0. The number of rotatable bonds is 4. The van der Waals surface area contributed by atoms with Crippen LogP contribution in [-0.2, 0) is 11.3 Å². The van der Waals surface area contributed by atoms with Gasteiger partial charge in [0.2, 0.25) is 0 Å². The van der Waals surface area contributed by atoms with E-state index in [0.29, 0.717) is 12.1 Å². The van der Waals surface area contributed by atoms with E-state index in [0.717, 1.165) is 31.9 Å². The Labute approximate surface area is 103 Å². The summed E-state index contributed by atoms with van der Waals surface area (Å²) < 4.78 is 7.59. The summed E-state index contributed by atoms with van der Waals surface area (Å²) in [6, 6.07) is 0.938. The van der Waals surface area contributed by atoms with Gasteiger partial charge >= 0.3 is 0 Å². The van der Waals surface area contributed by atoms with E-state index in [1.165, 1.54) is 11.3 Å². The Morgan fingerprint density at radius 3 is 2.82 bits per heavy atom. The van der Waals surface area contributed by atoms with Gasteiger partial charge in [0, 0.05) is 30.5 Å². The third-order valence-electron chi connectivity index (χ3n) is 3.41. The van der Waals surface area contributed by atoms with Crippen molar-refractivity contribution in [3.05, 3.63) is 17.0 Å². The Balaban J connectivity index is 2.16. The van der Waals surface area contributed by atoms with Gasteiger partial charge in [0.15, 0.2) is 0 Å². The van der Waals surface area contributed by atoms with Crippen LogP contribution in [0.25, 0.3) is 0 Å². The molecule has 96 valence electrons. The van der Waals surface area contributed by atoms with Crippen molar-refractivity contribution in [1.29, 1.82) is 0 Å². The Hall–Kier alpha value is -0.870. The van der Waals surface area contributed by atoms with Crippen LogP contribution in [-0.4, -0.2) is 29.0 Å². The van der Waals surface area contributed by atoms with Crippen LogP contribution < -0.4 is 5.32 Å². The second-order valence-corrected chi connectivity index (χ2v) is 5.15. The van der Waals surface area contributed by atoms with Gasteiger partial charge < -0.3 is 10.1 Å². The maximum absolute atomic E-state index is 5.44.